The van der Waals surface area contributed by atoms with Crippen LogP contribution < -0.4 is 22.9 Å². The molecule has 21 heavy (non-hydrogen) atoms. The average molecular weight is 305 g/mol. The van der Waals surface area contributed by atoms with Crippen LogP contribution in [0.15, 0.2) is 24.3 Å². The summed E-state index contributed by atoms with van der Waals surface area (Å²) in [7, 11) is 0. The van der Waals surface area contributed by atoms with Crippen LogP contribution >= 0.6 is 12.4 Å². The Kier molecular flexibility index (Phi) is 3.27. The second-order valence-electron chi connectivity index (χ2n) is 4.71. The van der Waals surface area contributed by atoms with E-state index in [2.05, 4.69) is 0 Å². The summed E-state index contributed by atoms with van der Waals surface area (Å²) in [6.45, 7) is 0. The van der Waals surface area contributed by atoms with Gasteiger partial charge < -0.3 is 22.9 Å². The number of nitrogen functional groups attached to an aromatic ring is 4. The lowest BCUT2D eigenvalue weighted by Gasteiger charge is -2.19. The topological polar surface area (TPSA) is 138 Å². The Balaban J connectivity index is 0.00000161. The Bertz CT molecular complexity index is 673. The van der Waals surface area contributed by atoms with Crippen LogP contribution in [0.2, 0.25) is 0 Å². The minimum Gasteiger partial charge on any atom is -0.397 e. The fourth-order valence-corrected chi connectivity index (χ4v) is 2.31. The molecule has 0 radical (unpaired) electrons. The highest BCUT2D eigenvalue weighted by atomic mass is 35.5. The highest BCUT2D eigenvalue weighted by Gasteiger charge is 2.31. The van der Waals surface area contributed by atoms with Gasteiger partial charge in [-0.15, -0.1) is 12.4 Å². The van der Waals surface area contributed by atoms with E-state index >= 15 is 0 Å². The van der Waals surface area contributed by atoms with Gasteiger partial charge in [-0.3, -0.25) is 9.59 Å². The van der Waals surface area contributed by atoms with Crippen molar-refractivity contribution >= 4 is 46.7 Å². The van der Waals surface area contributed by atoms with Crippen molar-refractivity contribution < 1.29 is 9.59 Å². The van der Waals surface area contributed by atoms with Gasteiger partial charge in [0, 0.05) is 22.3 Å². The lowest BCUT2D eigenvalue weighted by atomic mass is 9.83. The minimum atomic E-state index is -0.312. The van der Waals surface area contributed by atoms with Gasteiger partial charge in [0.25, 0.3) is 0 Å². The zero-order valence-electron chi connectivity index (χ0n) is 10.8. The first-order valence-corrected chi connectivity index (χ1v) is 5.87. The van der Waals surface area contributed by atoms with Crippen LogP contribution in [0.1, 0.15) is 31.8 Å². The fraction of sp³-hybridized carbons (Fsp3) is 0. The van der Waals surface area contributed by atoms with Crippen molar-refractivity contribution in [3.05, 3.63) is 46.5 Å². The van der Waals surface area contributed by atoms with Crippen LogP contribution in [0.25, 0.3) is 0 Å². The second-order valence-corrected chi connectivity index (χ2v) is 4.71. The molecule has 108 valence electrons. The Morgan fingerprint density at radius 3 is 0.905 bits per heavy atom. The molecule has 8 N–H and O–H groups in total. The number of carbonyl (C=O) groups is 2. The SMILES string of the molecule is Cl.Nc1cc2c(cc1N)C(=O)c1cc(N)c(N)cc1C2=O. The highest BCUT2D eigenvalue weighted by molar-refractivity contribution is 6.29. The van der Waals surface area contributed by atoms with Gasteiger partial charge >= 0.3 is 0 Å². The van der Waals surface area contributed by atoms with Crippen LogP contribution in [0.3, 0.4) is 0 Å². The first-order chi connectivity index (χ1) is 9.40. The number of hydrogen-bond acceptors (Lipinski definition) is 6. The number of hydrogen-bond donors (Lipinski definition) is 4. The van der Waals surface area contributed by atoms with Crippen LogP contribution in [0.5, 0.6) is 0 Å². The van der Waals surface area contributed by atoms with E-state index in [0.717, 1.165) is 0 Å². The summed E-state index contributed by atoms with van der Waals surface area (Å²) in [5.74, 6) is -0.624. The molecule has 1 aliphatic rings. The lowest BCUT2D eigenvalue weighted by molar-refractivity contribution is 0.0979. The molecule has 2 aromatic rings. The number of rotatable bonds is 0. The van der Waals surface area contributed by atoms with Crippen molar-refractivity contribution in [2.45, 2.75) is 0 Å². The molecular weight excluding hydrogens is 292 g/mol. The van der Waals surface area contributed by atoms with E-state index in [0.29, 0.717) is 0 Å². The summed E-state index contributed by atoms with van der Waals surface area (Å²) < 4.78 is 0. The molecule has 0 bridgehead atoms. The van der Waals surface area contributed by atoms with Crippen LogP contribution in [-0.2, 0) is 0 Å². The van der Waals surface area contributed by atoms with Crippen molar-refractivity contribution in [1.29, 1.82) is 0 Å². The van der Waals surface area contributed by atoms with Gasteiger partial charge in [0.2, 0.25) is 0 Å². The predicted molar refractivity (Wildman–Crippen MR) is 84.6 cm³/mol. The van der Waals surface area contributed by atoms with E-state index < -0.39 is 0 Å². The molecule has 0 unspecified atom stereocenters. The Morgan fingerprint density at radius 2 is 0.714 bits per heavy atom. The van der Waals surface area contributed by atoms with Gasteiger partial charge in [0.15, 0.2) is 11.6 Å². The van der Waals surface area contributed by atoms with E-state index in [1.165, 1.54) is 24.3 Å². The summed E-state index contributed by atoms with van der Waals surface area (Å²) in [5.41, 5.74) is 24.8. The normalized spacial score (nSPS) is 12.4. The summed E-state index contributed by atoms with van der Waals surface area (Å²) >= 11 is 0. The first-order valence-electron chi connectivity index (χ1n) is 5.87. The quantitative estimate of drug-likeness (QED) is 0.460. The van der Waals surface area contributed by atoms with Crippen molar-refractivity contribution in [3.63, 3.8) is 0 Å². The summed E-state index contributed by atoms with van der Waals surface area (Å²) in [5, 5.41) is 0. The number of fused-ring (bicyclic) bond motifs is 2. The molecule has 0 saturated carbocycles. The monoisotopic (exact) mass is 304 g/mol. The zero-order valence-corrected chi connectivity index (χ0v) is 11.7. The Morgan fingerprint density at radius 1 is 0.524 bits per heavy atom. The van der Waals surface area contributed by atoms with Crippen molar-refractivity contribution in [2.75, 3.05) is 22.9 Å². The van der Waals surface area contributed by atoms with E-state index in [1.807, 2.05) is 0 Å². The largest absolute Gasteiger partial charge is 0.397 e. The molecular formula is C14H13ClN4O2. The Labute approximate surface area is 126 Å². The molecule has 0 aromatic heterocycles. The van der Waals surface area contributed by atoms with Crippen LogP contribution in [-0.4, -0.2) is 11.6 Å². The molecule has 6 nitrogen and oxygen atoms in total. The summed E-state index contributed by atoms with van der Waals surface area (Å²) in [4.78, 5) is 24.9. The molecule has 0 amide bonds. The molecule has 3 rings (SSSR count). The number of ketones is 2. The van der Waals surface area contributed by atoms with Crippen molar-refractivity contribution in [1.82, 2.24) is 0 Å². The summed E-state index contributed by atoms with van der Waals surface area (Å²) in [6.07, 6.45) is 0. The van der Waals surface area contributed by atoms with E-state index in [1.54, 1.807) is 0 Å². The summed E-state index contributed by atoms with van der Waals surface area (Å²) in [6, 6.07) is 5.67. The van der Waals surface area contributed by atoms with Gasteiger partial charge in [-0.2, -0.15) is 0 Å². The van der Waals surface area contributed by atoms with Gasteiger partial charge in [-0.25, -0.2) is 0 Å². The van der Waals surface area contributed by atoms with E-state index in [4.69, 9.17) is 22.9 Å². The third-order valence-corrected chi connectivity index (χ3v) is 3.42. The fourth-order valence-electron chi connectivity index (χ4n) is 2.31. The van der Waals surface area contributed by atoms with Crippen molar-refractivity contribution in [3.8, 4) is 0 Å². The number of nitrogens with two attached hydrogens (primary N) is 4. The van der Waals surface area contributed by atoms with Gasteiger partial charge in [-0.1, -0.05) is 0 Å². The maximum absolute atomic E-state index is 12.4. The molecule has 2 aromatic carbocycles. The van der Waals surface area contributed by atoms with Gasteiger partial charge in [0.05, 0.1) is 22.7 Å². The Hall–Kier alpha value is -2.73. The molecule has 7 heteroatoms. The predicted octanol–water partition coefficient (Wildman–Crippen LogP) is 1.21. The maximum atomic E-state index is 12.4. The number of halogens is 1. The third-order valence-electron chi connectivity index (χ3n) is 3.42. The highest BCUT2D eigenvalue weighted by Crippen LogP contribution is 2.33. The molecule has 0 fully saturated rings. The van der Waals surface area contributed by atoms with Crippen LogP contribution in [0.4, 0.5) is 22.7 Å². The average Bonchev–Trinajstić information content (AvgIpc) is 2.41. The molecule has 0 spiro atoms. The molecule has 0 aliphatic heterocycles. The molecule has 0 heterocycles. The smallest absolute Gasteiger partial charge is 0.194 e. The lowest BCUT2D eigenvalue weighted by Crippen LogP contribution is -2.22. The zero-order chi connectivity index (χ0) is 14.6. The first kappa shape index (κ1) is 14.7. The van der Waals surface area contributed by atoms with Crippen molar-refractivity contribution in [2.24, 2.45) is 0 Å². The maximum Gasteiger partial charge on any atom is 0.194 e. The minimum absolute atomic E-state index is 0. The standard InChI is InChI=1S/C14H12N4O2.ClH/c15-9-1-5-6(2-10(9)16)14(20)8-4-12(18)11(17)3-7(8)13(5)19;/h1-4H,15-18H2;1H. The van der Waals surface area contributed by atoms with E-state index in [-0.39, 0.29) is 69.0 Å². The number of carbonyl (C=O) groups excluding carboxylic acids is 2. The molecule has 0 saturated heterocycles. The second kappa shape index (κ2) is 4.68. The van der Waals surface area contributed by atoms with Crippen LogP contribution in [0, 0.1) is 0 Å². The van der Waals surface area contributed by atoms with Gasteiger partial charge in [0.1, 0.15) is 0 Å². The van der Waals surface area contributed by atoms with Gasteiger partial charge in [-0.05, 0) is 24.3 Å². The van der Waals surface area contributed by atoms with E-state index in [9.17, 15) is 9.59 Å². The number of anilines is 4. The molecule has 0 atom stereocenters. The molecule has 1 aliphatic carbocycles. The third kappa shape index (κ3) is 1.96. The number of benzene rings is 2.